The van der Waals surface area contributed by atoms with Crippen molar-refractivity contribution in [2.24, 2.45) is 5.92 Å². The van der Waals surface area contributed by atoms with Gasteiger partial charge in [-0.25, -0.2) is 4.98 Å². The number of hydrogen-bond acceptors (Lipinski definition) is 3. The maximum Gasteiger partial charge on any atom is 0.126 e. The molecule has 2 fully saturated rings. The van der Waals surface area contributed by atoms with Gasteiger partial charge >= 0.3 is 0 Å². The second kappa shape index (κ2) is 4.06. The minimum atomic E-state index is 0.420. The molecule has 0 bridgehead atoms. The Balaban J connectivity index is 1.66. The van der Waals surface area contributed by atoms with E-state index in [1.165, 1.54) is 18.4 Å². The Morgan fingerprint density at radius 3 is 2.88 bits per heavy atom. The Hall–Kier alpha value is -1.09. The van der Waals surface area contributed by atoms with E-state index in [0.29, 0.717) is 12.1 Å². The van der Waals surface area contributed by atoms with Gasteiger partial charge in [0, 0.05) is 12.8 Å². The largest absolute Gasteiger partial charge is 0.376 e. The number of nitrogens with zero attached hydrogens (tertiary/aromatic N) is 1. The molecule has 86 valence electrons. The summed E-state index contributed by atoms with van der Waals surface area (Å²) < 4.78 is 5.80. The van der Waals surface area contributed by atoms with Gasteiger partial charge in [0.25, 0.3) is 0 Å². The number of ether oxygens (including phenoxy) is 1. The lowest BCUT2D eigenvalue weighted by Gasteiger charge is -2.19. The molecule has 2 heterocycles. The molecule has 1 N–H and O–H groups in total. The van der Waals surface area contributed by atoms with Gasteiger partial charge < -0.3 is 10.1 Å². The number of hydrogen-bond donors (Lipinski definition) is 1. The van der Waals surface area contributed by atoms with Gasteiger partial charge in [-0.3, -0.25) is 0 Å². The minimum absolute atomic E-state index is 0.420. The predicted molar refractivity (Wildman–Crippen MR) is 63.5 cm³/mol. The monoisotopic (exact) mass is 218 g/mol. The van der Waals surface area contributed by atoms with Crippen molar-refractivity contribution in [2.75, 3.05) is 11.9 Å². The number of anilines is 1. The van der Waals surface area contributed by atoms with E-state index in [-0.39, 0.29) is 0 Å². The van der Waals surface area contributed by atoms with Crippen LogP contribution in [0.4, 0.5) is 5.82 Å². The fourth-order valence-corrected chi connectivity index (χ4v) is 2.40. The summed E-state index contributed by atoms with van der Waals surface area (Å²) in [4.78, 5) is 4.39. The second-order valence-corrected chi connectivity index (χ2v) is 4.93. The van der Waals surface area contributed by atoms with E-state index in [0.717, 1.165) is 24.8 Å². The molecular weight excluding hydrogens is 200 g/mol. The molecule has 3 heteroatoms. The first kappa shape index (κ1) is 10.1. The highest BCUT2D eigenvalue weighted by molar-refractivity contribution is 5.37. The van der Waals surface area contributed by atoms with E-state index in [2.05, 4.69) is 29.4 Å². The summed E-state index contributed by atoms with van der Waals surface area (Å²) in [6, 6.07) is 4.61. The Bertz CT molecular complexity index is 359. The van der Waals surface area contributed by atoms with Crippen LogP contribution in [0.25, 0.3) is 0 Å². The average molecular weight is 218 g/mol. The highest BCUT2D eigenvalue weighted by Crippen LogP contribution is 2.39. The van der Waals surface area contributed by atoms with Crippen LogP contribution in [0, 0.1) is 12.8 Å². The standard InChI is InChI=1S/C13H18N2O/c1-9-2-5-12(14-8-9)15-11-6-7-16-13(11)10-3-4-10/h2,5,8,10-11,13H,3-4,6-7H2,1H3,(H,14,15). The molecule has 0 radical (unpaired) electrons. The van der Waals surface area contributed by atoms with Crippen LogP contribution in [0.2, 0.25) is 0 Å². The van der Waals surface area contributed by atoms with Gasteiger partial charge in [0.1, 0.15) is 5.82 Å². The third-order valence-electron chi connectivity index (χ3n) is 3.47. The first-order chi connectivity index (χ1) is 7.83. The minimum Gasteiger partial charge on any atom is -0.376 e. The zero-order chi connectivity index (χ0) is 11.0. The average Bonchev–Trinajstić information content (AvgIpc) is 3.03. The highest BCUT2D eigenvalue weighted by atomic mass is 16.5. The summed E-state index contributed by atoms with van der Waals surface area (Å²) in [5.74, 6) is 1.78. The third-order valence-corrected chi connectivity index (χ3v) is 3.47. The molecule has 1 saturated carbocycles. The number of rotatable bonds is 3. The van der Waals surface area contributed by atoms with Crippen molar-refractivity contribution >= 4 is 5.82 Å². The SMILES string of the molecule is Cc1ccc(NC2CCOC2C2CC2)nc1. The topological polar surface area (TPSA) is 34.1 Å². The van der Waals surface area contributed by atoms with E-state index in [1.807, 2.05) is 6.20 Å². The maximum atomic E-state index is 5.80. The van der Waals surface area contributed by atoms with Crippen molar-refractivity contribution < 1.29 is 4.74 Å². The first-order valence-corrected chi connectivity index (χ1v) is 6.14. The predicted octanol–water partition coefficient (Wildman–Crippen LogP) is 2.37. The molecule has 1 aliphatic heterocycles. The first-order valence-electron chi connectivity index (χ1n) is 6.14. The molecule has 0 amide bonds. The summed E-state index contributed by atoms with van der Waals surface area (Å²) in [6.07, 6.45) is 6.11. The van der Waals surface area contributed by atoms with Crippen LogP contribution in [0.1, 0.15) is 24.8 Å². The smallest absolute Gasteiger partial charge is 0.126 e. The molecule has 2 atom stereocenters. The molecule has 3 nitrogen and oxygen atoms in total. The Labute approximate surface area is 96.2 Å². The van der Waals surface area contributed by atoms with Gasteiger partial charge in [0.15, 0.2) is 0 Å². The lowest BCUT2D eigenvalue weighted by atomic mass is 10.1. The van der Waals surface area contributed by atoms with Gasteiger partial charge in [-0.1, -0.05) is 6.07 Å². The quantitative estimate of drug-likeness (QED) is 0.845. The van der Waals surface area contributed by atoms with Gasteiger partial charge in [-0.15, -0.1) is 0 Å². The van der Waals surface area contributed by atoms with Crippen molar-refractivity contribution in [2.45, 2.75) is 38.3 Å². The van der Waals surface area contributed by atoms with E-state index < -0.39 is 0 Å². The highest BCUT2D eigenvalue weighted by Gasteiger charge is 2.40. The molecular formula is C13H18N2O. The summed E-state index contributed by atoms with van der Waals surface area (Å²) >= 11 is 0. The Morgan fingerprint density at radius 1 is 1.31 bits per heavy atom. The zero-order valence-corrected chi connectivity index (χ0v) is 9.65. The van der Waals surface area contributed by atoms with Crippen molar-refractivity contribution in [1.29, 1.82) is 0 Å². The van der Waals surface area contributed by atoms with Crippen LogP contribution in [0.15, 0.2) is 18.3 Å². The number of pyridine rings is 1. The second-order valence-electron chi connectivity index (χ2n) is 4.93. The molecule has 2 aliphatic rings. The van der Waals surface area contributed by atoms with Crippen LogP contribution < -0.4 is 5.32 Å². The van der Waals surface area contributed by atoms with E-state index in [1.54, 1.807) is 0 Å². The molecule has 1 aromatic heterocycles. The number of aromatic nitrogens is 1. The van der Waals surface area contributed by atoms with E-state index in [9.17, 15) is 0 Å². The fourth-order valence-electron chi connectivity index (χ4n) is 2.40. The van der Waals surface area contributed by atoms with Crippen molar-refractivity contribution in [3.05, 3.63) is 23.9 Å². The van der Waals surface area contributed by atoms with Crippen molar-refractivity contribution in [3.63, 3.8) is 0 Å². The molecule has 3 rings (SSSR count). The fraction of sp³-hybridized carbons (Fsp3) is 0.615. The number of aryl methyl sites for hydroxylation is 1. The molecule has 16 heavy (non-hydrogen) atoms. The Kier molecular flexibility index (Phi) is 2.56. The molecule has 2 unspecified atom stereocenters. The van der Waals surface area contributed by atoms with Gasteiger partial charge in [0.05, 0.1) is 12.1 Å². The van der Waals surface area contributed by atoms with Crippen LogP contribution in [0.5, 0.6) is 0 Å². The third kappa shape index (κ3) is 2.05. The summed E-state index contributed by atoms with van der Waals surface area (Å²) in [6.45, 7) is 2.95. The van der Waals surface area contributed by atoms with Gasteiger partial charge in [-0.05, 0) is 43.7 Å². The van der Waals surface area contributed by atoms with Crippen LogP contribution >= 0.6 is 0 Å². The van der Waals surface area contributed by atoms with Gasteiger partial charge in [-0.2, -0.15) is 0 Å². The maximum absolute atomic E-state index is 5.80. The van der Waals surface area contributed by atoms with E-state index in [4.69, 9.17) is 4.74 Å². The van der Waals surface area contributed by atoms with Crippen LogP contribution in [-0.2, 0) is 4.74 Å². The van der Waals surface area contributed by atoms with Crippen molar-refractivity contribution in [3.8, 4) is 0 Å². The molecule has 0 aromatic carbocycles. The lowest BCUT2D eigenvalue weighted by molar-refractivity contribution is 0.0898. The molecule has 0 spiro atoms. The summed E-state index contributed by atoms with van der Waals surface area (Å²) in [5, 5.41) is 3.50. The normalized spacial score (nSPS) is 29.3. The van der Waals surface area contributed by atoms with Crippen LogP contribution in [0.3, 0.4) is 0 Å². The van der Waals surface area contributed by atoms with Crippen molar-refractivity contribution in [1.82, 2.24) is 4.98 Å². The lowest BCUT2D eigenvalue weighted by Crippen LogP contribution is -2.31. The molecule has 1 aliphatic carbocycles. The zero-order valence-electron chi connectivity index (χ0n) is 9.65. The van der Waals surface area contributed by atoms with Crippen LogP contribution in [-0.4, -0.2) is 23.7 Å². The van der Waals surface area contributed by atoms with E-state index >= 15 is 0 Å². The summed E-state index contributed by atoms with van der Waals surface area (Å²) in [7, 11) is 0. The molecule has 1 saturated heterocycles. The van der Waals surface area contributed by atoms with Gasteiger partial charge in [0.2, 0.25) is 0 Å². The number of nitrogens with one attached hydrogen (secondary N) is 1. The molecule has 1 aromatic rings. The Morgan fingerprint density at radius 2 is 2.19 bits per heavy atom. The summed E-state index contributed by atoms with van der Waals surface area (Å²) in [5.41, 5.74) is 1.20.